The second kappa shape index (κ2) is 7.36. The van der Waals surface area contributed by atoms with Gasteiger partial charge < -0.3 is 5.32 Å². The van der Waals surface area contributed by atoms with E-state index < -0.39 is 0 Å². The van der Waals surface area contributed by atoms with Gasteiger partial charge in [0.1, 0.15) is 5.01 Å². The van der Waals surface area contributed by atoms with E-state index in [1.54, 1.807) is 36.7 Å². The number of ketones is 1. The molecular formula is C19H17N3O2S. The molecule has 0 aliphatic carbocycles. The Labute approximate surface area is 149 Å². The van der Waals surface area contributed by atoms with Crippen LogP contribution in [0.25, 0.3) is 10.6 Å². The molecule has 0 atom stereocenters. The Morgan fingerprint density at radius 3 is 2.64 bits per heavy atom. The number of pyridine rings is 1. The molecular weight excluding hydrogens is 334 g/mol. The van der Waals surface area contributed by atoms with E-state index in [0.717, 1.165) is 21.1 Å². The van der Waals surface area contributed by atoms with E-state index in [0.29, 0.717) is 11.3 Å². The molecule has 5 nitrogen and oxygen atoms in total. The quantitative estimate of drug-likeness (QED) is 0.708. The van der Waals surface area contributed by atoms with Crippen LogP contribution in [0, 0.1) is 6.92 Å². The van der Waals surface area contributed by atoms with Crippen molar-refractivity contribution in [3.8, 4) is 10.6 Å². The van der Waals surface area contributed by atoms with Crippen molar-refractivity contribution in [2.24, 2.45) is 0 Å². The molecule has 0 fully saturated rings. The fourth-order valence-corrected chi connectivity index (χ4v) is 3.44. The van der Waals surface area contributed by atoms with Crippen molar-refractivity contribution < 1.29 is 9.59 Å². The summed E-state index contributed by atoms with van der Waals surface area (Å²) in [5.74, 6) is -0.162. The van der Waals surface area contributed by atoms with E-state index in [4.69, 9.17) is 0 Å². The average molecular weight is 351 g/mol. The second-order valence-corrected chi connectivity index (χ2v) is 6.71. The lowest BCUT2D eigenvalue weighted by Gasteiger charge is -2.06. The van der Waals surface area contributed by atoms with Crippen LogP contribution in [0.5, 0.6) is 0 Å². The summed E-state index contributed by atoms with van der Waals surface area (Å²) < 4.78 is 0. The maximum Gasteiger partial charge on any atom is 0.229 e. The summed E-state index contributed by atoms with van der Waals surface area (Å²) in [6, 6.07) is 10.7. The number of amides is 1. The first kappa shape index (κ1) is 17.0. The maximum atomic E-state index is 12.3. The molecule has 0 saturated heterocycles. The van der Waals surface area contributed by atoms with E-state index in [1.165, 1.54) is 18.3 Å². The van der Waals surface area contributed by atoms with Crippen molar-refractivity contribution in [3.05, 3.63) is 64.9 Å². The Morgan fingerprint density at radius 1 is 1.16 bits per heavy atom. The number of hydrogen-bond donors (Lipinski definition) is 1. The van der Waals surface area contributed by atoms with Gasteiger partial charge in [-0.25, -0.2) is 4.98 Å². The normalized spacial score (nSPS) is 10.5. The number of hydrogen-bond acceptors (Lipinski definition) is 5. The van der Waals surface area contributed by atoms with Gasteiger partial charge in [-0.05, 0) is 38.1 Å². The Kier molecular flexibility index (Phi) is 5.00. The van der Waals surface area contributed by atoms with E-state index in [1.807, 2.05) is 19.1 Å². The Bertz CT molecular complexity index is 919. The van der Waals surface area contributed by atoms with Crippen molar-refractivity contribution in [2.45, 2.75) is 20.3 Å². The Balaban J connectivity index is 1.72. The first-order valence-corrected chi connectivity index (χ1v) is 8.62. The summed E-state index contributed by atoms with van der Waals surface area (Å²) in [4.78, 5) is 33.2. The molecule has 126 valence electrons. The number of nitrogens with one attached hydrogen (secondary N) is 1. The van der Waals surface area contributed by atoms with Crippen LogP contribution in [0.1, 0.15) is 27.9 Å². The molecule has 1 amide bonds. The lowest BCUT2D eigenvalue weighted by atomic mass is 10.1. The van der Waals surface area contributed by atoms with Gasteiger partial charge in [-0.2, -0.15) is 0 Å². The molecule has 0 aliphatic rings. The molecule has 25 heavy (non-hydrogen) atoms. The zero-order valence-electron chi connectivity index (χ0n) is 13.9. The summed E-state index contributed by atoms with van der Waals surface area (Å²) in [5.41, 5.74) is 3.04. The van der Waals surface area contributed by atoms with Gasteiger partial charge in [0.05, 0.1) is 12.1 Å². The van der Waals surface area contributed by atoms with E-state index in [-0.39, 0.29) is 18.1 Å². The smallest absolute Gasteiger partial charge is 0.229 e. The highest BCUT2D eigenvalue weighted by Gasteiger charge is 2.13. The van der Waals surface area contributed by atoms with Crippen molar-refractivity contribution >= 4 is 28.7 Å². The van der Waals surface area contributed by atoms with Gasteiger partial charge in [0.25, 0.3) is 0 Å². The number of thiazole rings is 1. The molecule has 2 aromatic heterocycles. The van der Waals surface area contributed by atoms with Crippen LogP contribution in [0.2, 0.25) is 0 Å². The number of rotatable bonds is 5. The summed E-state index contributed by atoms with van der Waals surface area (Å²) in [6.07, 6.45) is 3.69. The predicted octanol–water partition coefficient (Wildman–Crippen LogP) is 3.90. The van der Waals surface area contributed by atoms with Gasteiger partial charge in [0.2, 0.25) is 5.91 Å². The number of aryl methyl sites for hydroxylation is 1. The van der Waals surface area contributed by atoms with Gasteiger partial charge in [0, 0.05) is 34.1 Å². The fraction of sp³-hybridized carbons (Fsp3) is 0.158. The molecule has 0 bridgehead atoms. The molecule has 2 heterocycles. The molecule has 0 saturated carbocycles. The molecule has 6 heteroatoms. The predicted molar refractivity (Wildman–Crippen MR) is 98.9 cm³/mol. The number of Topliss-reactive ketones (excluding diaryl/α,β-unsaturated/α-hetero) is 1. The molecule has 3 aromatic rings. The SMILES string of the molecule is CC(=O)c1cccc(NC(=O)Cc2sc(-c3ccncc3)nc2C)c1. The molecule has 0 aliphatic heterocycles. The largest absolute Gasteiger partial charge is 0.326 e. The second-order valence-electron chi connectivity index (χ2n) is 5.63. The minimum absolute atomic E-state index is 0.0311. The highest BCUT2D eigenvalue weighted by Crippen LogP contribution is 2.28. The van der Waals surface area contributed by atoms with Gasteiger partial charge in [-0.1, -0.05) is 12.1 Å². The molecule has 0 radical (unpaired) electrons. The van der Waals surface area contributed by atoms with Gasteiger partial charge in [-0.3, -0.25) is 14.6 Å². The first-order chi connectivity index (χ1) is 12.0. The van der Waals surface area contributed by atoms with Crippen LogP contribution in [0.3, 0.4) is 0 Å². The number of carbonyl (C=O) groups is 2. The molecule has 0 spiro atoms. The third-order valence-corrected chi connectivity index (χ3v) is 4.90. The van der Waals surface area contributed by atoms with Gasteiger partial charge in [-0.15, -0.1) is 11.3 Å². The lowest BCUT2D eigenvalue weighted by molar-refractivity contribution is -0.115. The fourth-order valence-electron chi connectivity index (χ4n) is 2.38. The summed E-state index contributed by atoms with van der Waals surface area (Å²) in [6.45, 7) is 3.41. The van der Waals surface area contributed by atoms with E-state index in [9.17, 15) is 9.59 Å². The van der Waals surface area contributed by atoms with Crippen LogP contribution < -0.4 is 5.32 Å². The van der Waals surface area contributed by atoms with Gasteiger partial charge >= 0.3 is 0 Å². The average Bonchev–Trinajstić information content (AvgIpc) is 2.96. The number of anilines is 1. The Morgan fingerprint density at radius 2 is 1.92 bits per heavy atom. The monoisotopic (exact) mass is 351 g/mol. The standard InChI is InChI=1S/C19H17N3O2S/c1-12-17(25-19(21-12)14-6-8-20-9-7-14)11-18(24)22-16-5-3-4-15(10-16)13(2)23/h3-10H,11H2,1-2H3,(H,22,24). The van der Waals surface area contributed by atoms with Crippen molar-refractivity contribution in [3.63, 3.8) is 0 Å². The van der Waals surface area contributed by atoms with Crippen molar-refractivity contribution in [2.75, 3.05) is 5.32 Å². The topological polar surface area (TPSA) is 72.0 Å². The zero-order chi connectivity index (χ0) is 17.8. The minimum atomic E-state index is -0.131. The van der Waals surface area contributed by atoms with Crippen molar-refractivity contribution in [1.29, 1.82) is 0 Å². The zero-order valence-corrected chi connectivity index (χ0v) is 14.8. The van der Waals surface area contributed by atoms with Crippen molar-refractivity contribution in [1.82, 2.24) is 9.97 Å². The molecule has 1 N–H and O–H groups in total. The molecule has 1 aromatic carbocycles. The summed E-state index contributed by atoms with van der Waals surface area (Å²) in [7, 11) is 0. The number of nitrogens with zero attached hydrogens (tertiary/aromatic N) is 2. The number of aromatic nitrogens is 2. The molecule has 3 rings (SSSR count). The lowest BCUT2D eigenvalue weighted by Crippen LogP contribution is -2.14. The Hall–Kier alpha value is -2.86. The number of benzene rings is 1. The van der Waals surface area contributed by atoms with Crippen LogP contribution in [0.15, 0.2) is 48.8 Å². The summed E-state index contributed by atoms with van der Waals surface area (Å²) in [5, 5.41) is 3.72. The summed E-state index contributed by atoms with van der Waals surface area (Å²) >= 11 is 1.51. The highest BCUT2D eigenvalue weighted by molar-refractivity contribution is 7.15. The maximum absolute atomic E-state index is 12.3. The third kappa shape index (κ3) is 4.16. The third-order valence-electron chi connectivity index (χ3n) is 3.69. The van der Waals surface area contributed by atoms with E-state index >= 15 is 0 Å². The molecule has 0 unspecified atom stereocenters. The van der Waals surface area contributed by atoms with E-state index in [2.05, 4.69) is 15.3 Å². The highest BCUT2D eigenvalue weighted by atomic mass is 32.1. The first-order valence-electron chi connectivity index (χ1n) is 7.80. The minimum Gasteiger partial charge on any atom is -0.326 e. The number of carbonyl (C=O) groups excluding carboxylic acids is 2. The van der Waals surface area contributed by atoms with Gasteiger partial charge in [0.15, 0.2) is 5.78 Å². The van der Waals surface area contributed by atoms with Crippen LogP contribution in [-0.4, -0.2) is 21.7 Å². The van der Waals surface area contributed by atoms with Crippen LogP contribution >= 0.6 is 11.3 Å². The van der Waals surface area contributed by atoms with Crippen LogP contribution in [-0.2, 0) is 11.2 Å². The van der Waals surface area contributed by atoms with Crippen LogP contribution in [0.4, 0.5) is 5.69 Å².